The first-order valence-corrected chi connectivity index (χ1v) is 6.38. The predicted molar refractivity (Wildman–Crippen MR) is 73.6 cm³/mol. The summed E-state index contributed by atoms with van der Waals surface area (Å²) in [6.45, 7) is 7.99. The third kappa shape index (κ3) is 2.88. The number of aromatic nitrogens is 3. The molecule has 96 valence electrons. The Morgan fingerprint density at radius 1 is 1.28 bits per heavy atom. The molecule has 2 aromatic rings. The van der Waals surface area contributed by atoms with Gasteiger partial charge in [0.25, 0.3) is 0 Å². The van der Waals surface area contributed by atoms with Crippen LogP contribution in [0.1, 0.15) is 30.3 Å². The van der Waals surface area contributed by atoms with E-state index in [2.05, 4.69) is 54.4 Å². The maximum absolute atomic E-state index is 4.29. The largest absolute Gasteiger partial charge is 0.378 e. The zero-order valence-corrected chi connectivity index (χ0v) is 11.3. The molecule has 2 rings (SSSR count). The molecule has 4 nitrogen and oxygen atoms in total. The predicted octanol–water partition coefficient (Wildman–Crippen LogP) is 2.92. The van der Waals surface area contributed by atoms with Crippen LogP contribution in [-0.4, -0.2) is 14.8 Å². The van der Waals surface area contributed by atoms with E-state index in [9.17, 15) is 0 Å². The molecule has 0 saturated carbocycles. The van der Waals surface area contributed by atoms with Crippen molar-refractivity contribution in [3.63, 3.8) is 0 Å². The van der Waals surface area contributed by atoms with Crippen molar-refractivity contribution >= 4 is 5.69 Å². The van der Waals surface area contributed by atoms with Crippen molar-refractivity contribution in [2.24, 2.45) is 0 Å². The Kier molecular flexibility index (Phi) is 3.97. The third-order valence-electron chi connectivity index (χ3n) is 2.96. The Morgan fingerprint density at radius 3 is 2.89 bits per heavy atom. The number of anilines is 1. The van der Waals surface area contributed by atoms with Crippen LogP contribution in [0.15, 0.2) is 24.5 Å². The highest BCUT2D eigenvalue weighted by Gasteiger charge is 2.04. The van der Waals surface area contributed by atoms with Gasteiger partial charge in [0.05, 0.1) is 6.54 Å². The fourth-order valence-electron chi connectivity index (χ4n) is 1.92. The summed E-state index contributed by atoms with van der Waals surface area (Å²) >= 11 is 0. The van der Waals surface area contributed by atoms with Crippen LogP contribution < -0.4 is 5.32 Å². The second-order valence-corrected chi connectivity index (χ2v) is 4.57. The second kappa shape index (κ2) is 5.67. The lowest BCUT2D eigenvalue weighted by molar-refractivity contribution is 0.574. The first-order chi connectivity index (χ1) is 8.70. The second-order valence-electron chi connectivity index (χ2n) is 4.57. The Morgan fingerprint density at radius 2 is 2.11 bits per heavy atom. The lowest BCUT2D eigenvalue weighted by Crippen LogP contribution is -2.10. The van der Waals surface area contributed by atoms with Crippen molar-refractivity contribution in [1.29, 1.82) is 0 Å². The summed E-state index contributed by atoms with van der Waals surface area (Å²) in [6.07, 6.45) is 2.69. The average molecular weight is 244 g/mol. The van der Waals surface area contributed by atoms with Gasteiger partial charge in [-0.05, 0) is 37.5 Å². The number of aryl methyl sites for hydroxylation is 3. The van der Waals surface area contributed by atoms with Crippen LogP contribution in [-0.2, 0) is 13.1 Å². The molecule has 0 bridgehead atoms. The fraction of sp³-hybridized carbons (Fsp3) is 0.429. The maximum atomic E-state index is 4.29. The van der Waals surface area contributed by atoms with Crippen LogP contribution in [0.5, 0.6) is 0 Å². The molecule has 1 N–H and O–H groups in total. The van der Waals surface area contributed by atoms with Gasteiger partial charge in [-0.2, -0.15) is 5.10 Å². The van der Waals surface area contributed by atoms with E-state index in [0.29, 0.717) is 6.54 Å². The Hall–Kier alpha value is -1.84. The molecule has 4 heteroatoms. The highest BCUT2D eigenvalue weighted by atomic mass is 15.3. The Labute approximate surface area is 108 Å². The first kappa shape index (κ1) is 12.6. The van der Waals surface area contributed by atoms with Gasteiger partial charge in [-0.25, -0.2) is 9.67 Å². The molecule has 1 heterocycles. The van der Waals surface area contributed by atoms with Gasteiger partial charge in [0.1, 0.15) is 12.2 Å². The topological polar surface area (TPSA) is 42.7 Å². The number of hydrogen-bond donors (Lipinski definition) is 1. The molecule has 1 aromatic heterocycles. The van der Waals surface area contributed by atoms with Crippen LogP contribution >= 0.6 is 0 Å². The molecule has 18 heavy (non-hydrogen) atoms. The average Bonchev–Trinajstić information content (AvgIpc) is 2.78. The number of nitrogens with zero attached hydrogens (tertiary/aromatic N) is 3. The minimum Gasteiger partial charge on any atom is -0.378 e. The van der Waals surface area contributed by atoms with Crippen molar-refractivity contribution in [2.75, 3.05) is 5.32 Å². The van der Waals surface area contributed by atoms with Crippen molar-refractivity contribution in [3.05, 3.63) is 41.5 Å². The summed E-state index contributed by atoms with van der Waals surface area (Å²) in [6, 6.07) is 6.42. The monoisotopic (exact) mass is 244 g/mol. The van der Waals surface area contributed by atoms with E-state index in [1.54, 1.807) is 6.33 Å². The van der Waals surface area contributed by atoms with Gasteiger partial charge in [0, 0.05) is 12.2 Å². The normalized spacial score (nSPS) is 10.6. The number of benzene rings is 1. The van der Waals surface area contributed by atoms with E-state index in [1.165, 1.54) is 16.8 Å². The molecule has 0 amide bonds. The van der Waals surface area contributed by atoms with Crippen molar-refractivity contribution in [2.45, 2.75) is 40.3 Å². The standard InChI is InChI=1S/C14H20N4/c1-4-7-18-14(16-10-17-18)9-15-13-8-11(2)5-6-12(13)3/h5-6,8,10,15H,4,7,9H2,1-3H3. The highest BCUT2D eigenvalue weighted by Crippen LogP contribution is 2.16. The highest BCUT2D eigenvalue weighted by molar-refractivity contribution is 5.52. The van der Waals surface area contributed by atoms with E-state index in [1.807, 2.05) is 4.68 Å². The summed E-state index contributed by atoms with van der Waals surface area (Å²) < 4.78 is 1.96. The quantitative estimate of drug-likeness (QED) is 0.879. The van der Waals surface area contributed by atoms with Gasteiger partial charge >= 0.3 is 0 Å². The summed E-state index contributed by atoms with van der Waals surface area (Å²) in [5.74, 6) is 0.984. The van der Waals surface area contributed by atoms with Crippen molar-refractivity contribution in [1.82, 2.24) is 14.8 Å². The summed E-state index contributed by atoms with van der Waals surface area (Å²) in [5.41, 5.74) is 3.68. The lowest BCUT2D eigenvalue weighted by Gasteiger charge is -2.10. The number of nitrogens with one attached hydrogen (secondary N) is 1. The van der Waals surface area contributed by atoms with Crippen molar-refractivity contribution in [3.8, 4) is 0 Å². The van der Waals surface area contributed by atoms with Crippen LogP contribution in [0, 0.1) is 13.8 Å². The molecule has 1 aromatic carbocycles. The Bertz CT molecular complexity index is 516. The Balaban J connectivity index is 2.06. The van der Waals surface area contributed by atoms with Gasteiger partial charge in [-0.3, -0.25) is 0 Å². The smallest absolute Gasteiger partial charge is 0.146 e. The maximum Gasteiger partial charge on any atom is 0.146 e. The zero-order chi connectivity index (χ0) is 13.0. The summed E-state index contributed by atoms with van der Waals surface area (Å²) in [7, 11) is 0. The molecule has 0 spiro atoms. The van der Waals surface area contributed by atoms with Crippen molar-refractivity contribution < 1.29 is 0 Å². The van der Waals surface area contributed by atoms with Crippen LogP contribution in [0.4, 0.5) is 5.69 Å². The number of rotatable bonds is 5. The summed E-state index contributed by atoms with van der Waals surface area (Å²) in [4.78, 5) is 4.29. The van der Waals surface area contributed by atoms with Gasteiger partial charge in [-0.15, -0.1) is 0 Å². The molecule has 0 saturated heterocycles. The molecular formula is C14H20N4. The molecule has 0 fully saturated rings. The van der Waals surface area contributed by atoms with Crippen LogP contribution in [0.2, 0.25) is 0 Å². The van der Waals surface area contributed by atoms with Gasteiger partial charge in [0.2, 0.25) is 0 Å². The minimum atomic E-state index is 0.713. The SMILES string of the molecule is CCCn1ncnc1CNc1cc(C)ccc1C. The number of hydrogen-bond acceptors (Lipinski definition) is 3. The fourth-order valence-corrected chi connectivity index (χ4v) is 1.92. The van der Waals surface area contributed by atoms with E-state index >= 15 is 0 Å². The van der Waals surface area contributed by atoms with E-state index < -0.39 is 0 Å². The van der Waals surface area contributed by atoms with Crippen LogP contribution in [0.25, 0.3) is 0 Å². The van der Waals surface area contributed by atoms with E-state index in [-0.39, 0.29) is 0 Å². The minimum absolute atomic E-state index is 0.713. The molecule has 0 aliphatic heterocycles. The molecule has 0 aliphatic carbocycles. The molecule has 0 unspecified atom stereocenters. The molecule has 0 aliphatic rings. The molecule has 0 atom stereocenters. The van der Waals surface area contributed by atoms with Crippen LogP contribution in [0.3, 0.4) is 0 Å². The zero-order valence-electron chi connectivity index (χ0n) is 11.3. The molecule has 0 radical (unpaired) electrons. The summed E-state index contributed by atoms with van der Waals surface area (Å²) in [5, 5.41) is 7.66. The first-order valence-electron chi connectivity index (χ1n) is 6.38. The van der Waals surface area contributed by atoms with E-state index in [0.717, 1.165) is 18.8 Å². The van der Waals surface area contributed by atoms with E-state index in [4.69, 9.17) is 0 Å². The lowest BCUT2D eigenvalue weighted by atomic mass is 10.1. The van der Waals surface area contributed by atoms with Gasteiger partial charge < -0.3 is 5.32 Å². The van der Waals surface area contributed by atoms with Gasteiger partial charge in [0.15, 0.2) is 0 Å². The molecular weight excluding hydrogens is 224 g/mol. The van der Waals surface area contributed by atoms with Gasteiger partial charge in [-0.1, -0.05) is 19.1 Å². The third-order valence-corrected chi connectivity index (χ3v) is 2.96.